The van der Waals surface area contributed by atoms with Crippen LogP contribution in [-0.2, 0) is 19.1 Å². The number of Topliss-reactive ketones (excluding diaryl/α,β-unsaturated/α-hetero) is 1. The van der Waals surface area contributed by atoms with E-state index in [2.05, 4.69) is 47.6 Å². The molecule has 0 heterocycles. The predicted molar refractivity (Wildman–Crippen MR) is 148 cm³/mol. The lowest BCUT2D eigenvalue weighted by Gasteiger charge is -2.62. The normalized spacial score (nSPS) is 42.2. The highest BCUT2D eigenvalue weighted by molar-refractivity contribution is 6.02. The second kappa shape index (κ2) is 9.46. The Morgan fingerprint density at radius 1 is 1.08 bits per heavy atom. The third-order valence-electron chi connectivity index (χ3n) is 11.9. The fourth-order valence-electron chi connectivity index (χ4n) is 9.02. The summed E-state index contributed by atoms with van der Waals surface area (Å²) >= 11 is 0. The molecule has 4 aliphatic rings. The average Bonchev–Trinajstić information content (AvgIpc) is 2.82. The van der Waals surface area contributed by atoms with Crippen molar-refractivity contribution in [2.45, 2.75) is 107 Å². The molecule has 0 aromatic rings. The number of esters is 1. The van der Waals surface area contributed by atoms with E-state index < -0.39 is 5.41 Å². The lowest BCUT2D eigenvalue weighted by Crippen LogP contribution is -2.55. The molecule has 5 nitrogen and oxygen atoms in total. The topological polar surface area (TPSA) is 84.2 Å². The number of nitriles is 1. The van der Waals surface area contributed by atoms with E-state index in [0.717, 1.165) is 50.5 Å². The maximum absolute atomic E-state index is 13.4. The summed E-state index contributed by atoms with van der Waals surface area (Å²) in [7, 11) is 0. The number of carbonyl (C=O) groups excluding carboxylic acids is 3. The van der Waals surface area contributed by atoms with Gasteiger partial charge in [0.05, 0.1) is 12.2 Å². The zero-order chi connectivity index (χ0) is 28.3. The summed E-state index contributed by atoms with van der Waals surface area (Å²) in [4.78, 5) is 38.1. The Bertz CT molecular complexity index is 1140. The molecule has 4 aliphatic carbocycles. The number of hydrogen-bond donors (Lipinski definition) is 0. The van der Waals surface area contributed by atoms with Crippen LogP contribution >= 0.6 is 0 Å². The Labute approximate surface area is 229 Å². The van der Waals surface area contributed by atoms with Crippen molar-refractivity contribution in [1.82, 2.24) is 0 Å². The van der Waals surface area contributed by atoms with E-state index in [1.807, 2.05) is 19.1 Å². The molecule has 38 heavy (non-hydrogen) atoms. The smallest absolute Gasteiger partial charge is 0.302 e. The zero-order valence-corrected chi connectivity index (χ0v) is 24.8. The van der Waals surface area contributed by atoms with Crippen molar-refractivity contribution in [3.05, 3.63) is 23.3 Å². The first-order valence-electron chi connectivity index (χ1n) is 14.6. The minimum absolute atomic E-state index is 0.0642. The van der Waals surface area contributed by atoms with Gasteiger partial charge in [0.15, 0.2) is 11.6 Å². The molecular weight excluding hydrogens is 474 g/mol. The van der Waals surface area contributed by atoms with Crippen LogP contribution in [0.3, 0.4) is 0 Å². The van der Waals surface area contributed by atoms with Gasteiger partial charge in [-0.3, -0.25) is 14.4 Å². The molecule has 1 unspecified atom stereocenters. The van der Waals surface area contributed by atoms with Gasteiger partial charge in [0.1, 0.15) is 6.07 Å². The van der Waals surface area contributed by atoms with Crippen LogP contribution in [0.25, 0.3) is 0 Å². The third-order valence-corrected chi connectivity index (χ3v) is 11.9. The van der Waals surface area contributed by atoms with Crippen molar-refractivity contribution >= 4 is 17.5 Å². The van der Waals surface area contributed by atoms with E-state index >= 15 is 0 Å². The van der Waals surface area contributed by atoms with Gasteiger partial charge in [-0.05, 0) is 79.1 Å². The summed E-state index contributed by atoms with van der Waals surface area (Å²) in [6, 6.07) is 2.15. The maximum atomic E-state index is 13.4. The molecule has 0 bridgehead atoms. The van der Waals surface area contributed by atoms with Crippen molar-refractivity contribution in [2.24, 2.45) is 44.8 Å². The van der Waals surface area contributed by atoms with Crippen LogP contribution < -0.4 is 0 Å². The highest BCUT2D eigenvalue weighted by Crippen LogP contribution is 2.68. The lowest BCUT2D eigenvalue weighted by molar-refractivity contribution is -0.149. The van der Waals surface area contributed by atoms with E-state index in [-0.39, 0.29) is 56.6 Å². The van der Waals surface area contributed by atoms with Crippen molar-refractivity contribution in [1.29, 1.82) is 5.26 Å². The molecule has 208 valence electrons. The van der Waals surface area contributed by atoms with E-state index in [4.69, 9.17) is 4.74 Å². The van der Waals surface area contributed by atoms with Gasteiger partial charge in [0, 0.05) is 30.1 Å². The number of rotatable bonds is 5. The second-order valence-electron chi connectivity index (χ2n) is 14.8. The summed E-state index contributed by atoms with van der Waals surface area (Å²) < 4.78 is 5.69. The predicted octanol–water partition coefficient (Wildman–Crippen LogP) is 7.16. The van der Waals surface area contributed by atoms with Gasteiger partial charge in [-0.2, -0.15) is 5.26 Å². The first-order valence-corrected chi connectivity index (χ1v) is 14.6. The van der Waals surface area contributed by atoms with Crippen LogP contribution in [-0.4, -0.2) is 24.1 Å². The summed E-state index contributed by atoms with van der Waals surface area (Å²) in [5.41, 5.74) is 0.566. The van der Waals surface area contributed by atoms with Crippen molar-refractivity contribution < 1.29 is 19.1 Å². The number of ether oxygens (including phenoxy) is 1. The zero-order valence-electron chi connectivity index (χ0n) is 24.8. The highest BCUT2D eigenvalue weighted by Gasteiger charge is 2.61. The SMILES string of the molecule is CC(=O)OC[C@]1(CC[C@]2(C)CC(=O)C=C3[C@@]4(C)C=C(C#N)C(=O)[C@@H](C)[C@@H]4CC[C@]32C)CCC(C)(C)CC1C. The minimum atomic E-state index is -0.486. The molecule has 4 rings (SSSR count). The Morgan fingerprint density at radius 2 is 1.76 bits per heavy atom. The first kappa shape index (κ1) is 28.8. The van der Waals surface area contributed by atoms with Gasteiger partial charge in [-0.15, -0.1) is 0 Å². The number of carbonyl (C=O) groups is 3. The molecular formula is C33H47NO4. The van der Waals surface area contributed by atoms with E-state index in [0.29, 0.717) is 18.9 Å². The molecule has 2 saturated carbocycles. The van der Waals surface area contributed by atoms with Gasteiger partial charge in [0.25, 0.3) is 0 Å². The molecule has 5 heteroatoms. The van der Waals surface area contributed by atoms with E-state index in [9.17, 15) is 19.6 Å². The molecule has 7 atom stereocenters. The Kier molecular flexibility index (Phi) is 7.16. The van der Waals surface area contributed by atoms with E-state index in [1.54, 1.807) is 0 Å². The lowest BCUT2D eigenvalue weighted by atomic mass is 9.41. The molecule has 0 radical (unpaired) electrons. The molecule has 0 N–H and O–H groups in total. The molecule has 0 spiro atoms. The fraction of sp³-hybridized carbons (Fsp3) is 0.758. The largest absolute Gasteiger partial charge is 0.465 e. The molecule has 0 aromatic carbocycles. The quantitative estimate of drug-likeness (QED) is 0.358. The van der Waals surface area contributed by atoms with Crippen molar-refractivity contribution in [3.8, 4) is 6.07 Å². The number of allylic oxidation sites excluding steroid dienone is 4. The van der Waals surface area contributed by atoms with Crippen molar-refractivity contribution in [3.63, 3.8) is 0 Å². The molecule has 0 aromatic heterocycles. The fourth-order valence-corrected chi connectivity index (χ4v) is 9.02. The van der Waals surface area contributed by atoms with Crippen LogP contribution in [0.4, 0.5) is 0 Å². The Hall–Kier alpha value is -2.22. The number of fused-ring (bicyclic) bond motifs is 3. The number of hydrogen-bond acceptors (Lipinski definition) is 5. The van der Waals surface area contributed by atoms with Crippen LogP contribution in [0.5, 0.6) is 0 Å². The minimum Gasteiger partial charge on any atom is -0.465 e. The van der Waals surface area contributed by atoms with Gasteiger partial charge in [-0.1, -0.05) is 60.1 Å². The summed E-state index contributed by atoms with van der Waals surface area (Å²) in [5.74, 6) is 0.126. The number of nitrogens with zero attached hydrogens (tertiary/aromatic N) is 1. The molecule has 0 saturated heterocycles. The highest BCUT2D eigenvalue weighted by atomic mass is 16.5. The summed E-state index contributed by atoms with van der Waals surface area (Å²) in [5, 5.41) is 9.75. The van der Waals surface area contributed by atoms with Crippen LogP contribution in [0.2, 0.25) is 0 Å². The Morgan fingerprint density at radius 3 is 2.37 bits per heavy atom. The van der Waals surface area contributed by atoms with E-state index in [1.165, 1.54) is 6.92 Å². The molecule has 2 fully saturated rings. The summed E-state index contributed by atoms with van der Waals surface area (Å²) in [6.45, 7) is 17.6. The van der Waals surface area contributed by atoms with Crippen LogP contribution in [0.15, 0.2) is 23.3 Å². The number of ketones is 2. The maximum Gasteiger partial charge on any atom is 0.302 e. The average molecular weight is 522 g/mol. The van der Waals surface area contributed by atoms with Gasteiger partial charge in [0.2, 0.25) is 0 Å². The third kappa shape index (κ3) is 4.50. The van der Waals surface area contributed by atoms with Gasteiger partial charge in [-0.25, -0.2) is 0 Å². The van der Waals surface area contributed by atoms with Gasteiger partial charge >= 0.3 is 5.97 Å². The second-order valence-corrected chi connectivity index (χ2v) is 14.8. The van der Waals surface area contributed by atoms with Crippen LogP contribution in [0.1, 0.15) is 107 Å². The molecule has 0 amide bonds. The summed E-state index contributed by atoms with van der Waals surface area (Å²) in [6.07, 6.45) is 11.1. The van der Waals surface area contributed by atoms with Gasteiger partial charge < -0.3 is 4.74 Å². The Balaban J connectivity index is 1.70. The van der Waals surface area contributed by atoms with Crippen LogP contribution in [0, 0.1) is 56.2 Å². The molecule has 0 aliphatic heterocycles. The first-order chi connectivity index (χ1) is 17.5. The monoisotopic (exact) mass is 521 g/mol. The standard InChI is InChI=1S/C33H47NO4/c1-21-16-29(4,5)11-13-33(21,20-38-23(3)35)14-12-30(6)18-25(36)15-27-31(7)17-24(19-34)28(37)22(2)26(31)9-10-32(27,30)8/h15,17,21-22,26H,9-14,16,18,20H2,1-8H3/t21?,22-,26-,30+,31-,32+,33+/m0/s1. The van der Waals surface area contributed by atoms with Crippen molar-refractivity contribution in [2.75, 3.05) is 6.61 Å².